The van der Waals surface area contributed by atoms with Crippen LogP contribution >= 0.6 is 0 Å². The van der Waals surface area contributed by atoms with E-state index >= 15 is 0 Å². The van der Waals surface area contributed by atoms with Gasteiger partial charge in [-0.3, -0.25) is 9.69 Å². The van der Waals surface area contributed by atoms with Crippen molar-refractivity contribution in [3.63, 3.8) is 0 Å². The second-order valence-corrected chi connectivity index (χ2v) is 8.39. The number of nitrogens with one attached hydrogen (secondary N) is 1. The molecule has 2 aliphatic heterocycles. The molecule has 1 aromatic rings. The van der Waals surface area contributed by atoms with Gasteiger partial charge in [-0.15, -0.1) is 0 Å². The molecule has 146 valence electrons. The van der Waals surface area contributed by atoms with Crippen LogP contribution in [0.25, 0.3) is 0 Å². The van der Waals surface area contributed by atoms with Crippen LogP contribution in [-0.2, 0) is 9.53 Å². The Morgan fingerprint density at radius 2 is 1.77 bits per heavy atom. The van der Waals surface area contributed by atoms with Crippen molar-refractivity contribution in [3.8, 4) is 0 Å². The quantitative estimate of drug-likeness (QED) is 0.865. The number of rotatable bonds is 5. The van der Waals surface area contributed by atoms with Gasteiger partial charge in [0.05, 0.1) is 25.5 Å². The lowest BCUT2D eigenvalue weighted by atomic mass is 9.96. The van der Waals surface area contributed by atoms with Gasteiger partial charge < -0.3 is 15.0 Å². The zero-order chi connectivity index (χ0) is 18.6. The minimum atomic E-state index is -0.405. The first-order chi connectivity index (χ1) is 12.4. The minimum Gasteiger partial charge on any atom is -0.379 e. The third-order valence-corrected chi connectivity index (χ3v) is 5.33. The van der Waals surface area contributed by atoms with E-state index in [4.69, 9.17) is 4.74 Å². The Kier molecular flexibility index (Phi) is 6.32. The number of anilines is 1. The van der Waals surface area contributed by atoms with Crippen molar-refractivity contribution in [2.75, 3.05) is 57.8 Å². The summed E-state index contributed by atoms with van der Waals surface area (Å²) >= 11 is 0. The highest BCUT2D eigenvalue weighted by atomic mass is 16.5. The first-order valence-electron chi connectivity index (χ1n) is 9.81. The van der Waals surface area contributed by atoms with Gasteiger partial charge in [-0.1, -0.05) is 20.8 Å². The highest BCUT2D eigenvalue weighted by Gasteiger charge is 2.26. The lowest BCUT2D eigenvalue weighted by molar-refractivity contribution is -0.123. The van der Waals surface area contributed by atoms with Crippen LogP contribution in [0.5, 0.6) is 0 Å². The number of hydrogen-bond acceptors (Lipinski definition) is 5. The smallest absolute Gasteiger partial charge is 0.230 e. The molecule has 7 heteroatoms. The van der Waals surface area contributed by atoms with E-state index in [-0.39, 0.29) is 5.91 Å². The number of carbonyl (C=O) groups excluding carboxylic acids is 1. The molecule has 0 spiro atoms. The average Bonchev–Trinajstić information content (AvgIpc) is 3.08. The van der Waals surface area contributed by atoms with Gasteiger partial charge in [0.1, 0.15) is 5.82 Å². The summed E-state index contributed by atoms with van der Waals surface area (Å²) in [5, 5.41) is 7.52. The predicted molar refractivity (Wildman–Crippen MR) is 102 cm³/mol. The predicted octanol–water partition coefficient (Wildman–Crippen LogP) is 1.84. The van der Waals surface area contributed by atoms with E-state index < -0.39 is 5.41 Å². The third-order valence-electron chi connectivity index (χ3n) is 5.33. The molecule has 0 aliphatic carbocycles. The van der Waals surface area contributed by atoms with Crippen molar-refractivity contribution in [3.05, 3.63) is 12.3 Å². The Labute approximate surface area is 156 Å². The van der Waals surface area contributed by atoms with Crippen molar-refractivity contribution >= 4 is 11.7 Å². The Hall–Kier alpha value is -1.44. The monoisotopic (exact) mass is 363 g/mol. The van der Waals surface area contributed by atoms with E-state index in [1.165, 1.54) is 0 Å². The fraction of sp³-hybridized carbons (Fsp3) is 0.789. The van der Waals surface area contributed by atoms with Crippen LogP contribution in [0, 0.1) is 5.41 Å². The molecular weight excluding hydrogens is 330 g/mol. The Balaban J connectivity index is 1.47. The first kappa shape index (κ1) is 19.3. The molecule has 1 N–H and O–H groups in total. The summed E-state index contributed by atoms with van der Waals surface area (Å²) in [6, 6.07) is 2.26. The zero-order valence-electron chi connectivity index (χ0n) is 16.4. The third kappa shape index (κ3) is 5.05. The number of likely N-dealkylation sites (tertiary alicyclic amines) is 1. The van der Waals surface area contributed by atoms with Crippen LogP contribution in [0.15, 0.2) is 12.3 Å². The highest BCUT2D eigenvalue weighted by Crippen LogP contribution is 2.26. The van der Waals surface area contributed by atoms with Gasteiger partial charge in [0.25, 0.3) is 0 Å². The number of carbonyl (C=O) groups is 1. The summed E-state index contributed by atoms with van der Waals surface area (Å²) in [6.07, 6.45) is 3.93. The summed E-state index contributed by atoms with van der Waals surface area (Å²) in [5.41, 5.74) is -0.405. The van der Waals surface area contributed by atoms with Gasteiger partial charge in [-0.05, 0) is 12.8 Å². The SMILES string of the molecule is CC(C)(C)C(=O)Nc1ccnn1C1CCN(CCN2CCOCC2)CC1. The topological polar surface area (TPSA) is 62.6 Å². The Morgan fingerprint density at radius 1 is 1.15 bits per heavy atom. The summed E-state index contributed by atoms with van der Waals surface area (Å²) in [5.74, 6) is 0.846. The van der Waals surface area contributed by atoms with Gasteiger partial charge >= 0.3 is 0 Å². The summed E-state index contributed by atoms with van der Waals surface area (Å²) in [6.45, 7) is 14.0. The summed E-state index contributed by atoms with van der Waals surface area (Å²) in [4.78, 5) is 17.3. The Bertz CT molecular complexity index is 581. The maximum absolute atomic E-state index is 12.3. The number of ether oxygens (including phenoxy) is 1. The Morgan fingerprint density at radius 3 is 2.38 bits per heavy atom. The molecule has 2 saturated heterocycles. The van der Waals surface area contributed by atoms with Crippen molar-refractivity contribution in [2.24, 2.45) is 5.41 Å². The molecule has 0 unspecified atom stereocenters. The average molecular weight is 364 g/mol. The van der Waals surface area contributed by atoms with E-state index in [9.17, 15) is 4.79 Å². The summed E-state index contributed by atoms with van der Waals surface area (Å²) in [7, 11) is 0. The van der Waals surface area contributed by atoms with Gasteiger partial charge in [0.15, 0.2) is 0 Å². The molecule has 7 nitrogen and oxygen atoms in total. The maximum Gasteiger partial charge on any atom is 0.230 e. The first-order valence-corrected chi connectivity index (χ1v) is 9.81. The zero-order valence-corrected chi connectivity index (χ0v) is 16.4. The van der Waals surface area contributed by atoms with Gasteiger partial charge in [-0.25, -0.2) is 4.68 Å². The number of nitrogens with zero attached hydrogens (tertiary/aromatic N) is 4. The fourth-order valence-electron chi connectivity index (χ4n) is 3.50. The van der Waals surface area contributed by atoms with Gasteiger partial charge in [-0.2, -0.15) is 5.10 Å². The van der Waals surface area contributed by atoms with Crippen molar-refractivity contribution in [2.45, 2.75) is 39.7 Å². The number of piperidine rings is 1. The lowest BCUT2D eigenvalue weighted by Gasteiger charge is -2.35. The number of morpholine rings is 1. The molecule has 2 aliphatic rings. The van der Waals surface area contributed by atoms with Crippen molar-refractivity contribution in [1.29, 1.82) is 0 Å². The van der Waals surface area contributed by atoms with Crippen LogP contribution in [0.4, 0.5) is 5.82 Å². The summed E-state index contributed by atoms with van der Waals surface area (Å²) < 4.78 is 7.41. The molecule has 0 bridgehead atoms. The fourth-order valence-corrected chi connectivity index (χ4v) is 3.50. The molecule has 0 atom stereocenters. The normalized spacial score (nSPS) is 21.0. The highest BCUT2D eigenvalue weighted by molar-refractivity contribution is 5.93. The molecule has 0 saturated carbocycles. The van der Waals surface area contributed by atoms with Crippen molar-refractivity contribution < 1.29 is 9.53 Å². The van der Waals surface area contributed by atoms with Gasteiger partial charge in [0, 0.05) is 50.7 Å². The molecule has 1 amide bonds. The van der Waals surface area contributed by atoms with E-state index in [0.29, 0.717) is 6.04 Å². The van der Waals surface area contributed by atoms with Crippen LogP contribution < -0.4 is 5.32 Å². The second kappa shape index (κ2) is 8.50. The van der Waals surface area contributed by atoms with Crippen LogP contribution in [0.1, 0.15) is 39.7 Å². The minimum absolute atomic E-state index is 0.0298. The molecule has 0 aromatic carbocycles. The van der Waals surface area contributed by atoms with E-state index in [2.05, 4.69) is 20.2 Å². The van der Waals surface area contributed by atoms with Gasteiger partial charge in [0.2, 0.25) is 5.91 Å². The van der Waals surface area contributed by atoms with Crippen LogP contribution in [0.2, 0.25) is 0 Å². The molecule has 2 fully saturated rings. The molecule has 3 rings (SSSR count). The van der Waals surface area contributed by atoms with Crippen molar-refractivity contribution in [1.82, 2.24) is 19.6 Å². The van der Waals surface area contributed by atoms with E-state index in [1.807, 2.05) is 31.5 Å². The van der Waals surface area contributed by atoms with E-state index in [1.54, 1.807) is 6.20 Å². The molecule has 3 heterocycles. The van der Waals surface area contributed by atoms with Crippen LogP contribution in [-0.4, -0.2) is 78.0 Å². The molecule has 26 heavy (non-hydrogen) atoms. The maximum atomic E-state index is 12.3. The molecule has 0 radical (unpaired) electrons. The van der Waals surface area contributed by atoms with Crippen LogP contribution in [0.3, 0.4) is 0 Å². The molecular formula is C19H33N5O2. The molecule has 1 aromatic heterocycles. The standard InChI is InChI=1S/C19H33N5O2/c1-19(2,3)18(25)21-17-4-7-20-24(17)16-5-8-22(9-6-16)10-11-23-12-14-26-15-13-23/h4,7,16H,5-6,8-15H2,1-3H3,(H,21,25). The van der Waals surface area contributed by atoms with E-state index in [0.717, 1.165) is 71.1 Å². The number of aromatic nitrogens is 2. The lowest BCUT2D eigenvalue weighted by Crippen LogP contribution is -2.43. The second-order valence-electron chi connectivity index (χ2n) is 8.39. The number of hydrogen-bond donors (Lipinski definition) is 1. The largest absolute Gasteiger partial charge is 0.379 e. The number of amides is 1.